The Hall–Kier alpha value is -2.74. The van der Waals surface area contributed by atoms with Gasteiger partial charge in [0.25, 0.3) is 0 Å². The number of aromatic nitrogens is 2. The van der Waals surface area contributed by atoms with Crippen molar-refractivity contribution in [3.05, 3.63) is 84.7 Å². The van der Waals surface area contributed by atoms with Crippen molar-refractivity contribution in [1.82, 2.24) is 9.97 Å². The van der Waals surface area contributed by atoms with E-state index in [0.29, 0.717) is 0 Å². The summed E-state index contributed by atoms with van der Waals surface area (Å²) in [5, 5.41) is 2.28. The van der Waals surface area contributed by atoms with Crippen molar-refractivity contribution >= 4 is 21.8 Å². The zero-order chi connectivity index (χ0) is 14.5. The van der Waals surface area contributed by atoms with Crippen molar-refractivity contribution < 1.29 is 0 Å². The number of nitrogens with zero attached hydrogens (tertiary/aromatic N) is 2. The fraction of sp³-hybridized carbons (Fsp3) is 0.0526. The third-order valence-corrected chi connectivity index (χ3v) is 3.29. The highest BCUT2D eigenvalue weighted by atomic mass is 14.7. The number of benzene rings is 2. The predicted molar refractivity (Wildman–Crippen MR) is 88.2 cm³/mol. The first-order chi connectivity index (χ1) is 10.3. The zero-order valence-corrected chi connectivity index (χ0v) is 11.9. The van der Waals surface area contributed by atoms with Crippen LogP contribution in [0.5, 0.6) is 0 Å². The minimum atomic E-state index is 0.999. The fourth-order valence-electron chi connectivity index (χ4n) is 2.23. The highest BCUT2D eigenvalue weighted by molar-refractivity contribution is 6.03. The van der Waals surface area contributed by atoms with Crippen LogP contribution in [0.4, 0.5) is 0 Å². The summed E-state index contributed by atoms with van der Waals surface area (Å²) >= 11 is 0. The molecule has 0 radical (unpaired) electrons. The molecule has 102 valence electrons. The summed E-state index contributed by atoms with van der Waals surface area (Å²) in [5.41, 5.74) is 3.35. The average Bonchev–Trinajstić information content (AvgIpc) is 2.56. The Morgan fingerprint density at radius 2 is 1.43 bits per heavy atom. The number of rotatable bonds is 0. The molecular formula is C19H16N2. The lowest BCUT2D eigenvalue weighted by atomic mass is 10.1. The Morgan fingerprint density at radius 1 is 0.667 bits per heavy atom. The summed E-state index contributed by atoms with van der Waals surface area (Å²) in [4.78, 5) is 8.66. The number of aryl methyl sites for hydroxylation is 1. The van der Waals surface area contributed by atoms with Gasteiger partial charge < -0.3 is 0 Å². The first kappa shape index (κ1) is 13.3. The Morgan fingerprint density at radius 3 is 2.19 bits per heavy atom. The fourth-order valence-corrected chi connectivity index (χ4v) is 2.23. The molecule has 2 nitrogen and oxygen atoms in total. The molecule has 4 aromatic rings. The number of hydrogen-bond acceptors (Lipinski definition) is 2. The molecule has 2 aromatic carbocycles. The van der Waals surface area contributed by atoms with Crippen LogP contribution >= 0.6 is 0 Å². The SMILES string of the molecule is Cc1ccccc1.c1cnc2c(c1)ccc1ncccc12. The minimum absolute atomic E-state index is 0.999. The van der Waals surface area contributed by atoms with Crippen LogP contribution in [0.1, 0.15) is 5.56 Å². The number of fused-ring (bicyclic) bond motifs is 3. The molecular weight excluding hydrogens is 256 g/mol. The Bertz CT molecular complexity index is 800. The van der Waals surface area contributed by atoms with Crippen molar-refractivity contribution in [2.24, 2.45) is 0 Å². The van der Waals surface area contributed by atoms with Crippen LogP contribution in [-0.2, 0) is 0 Å². The molecule has 0 aliphatic rings. The summed E-state index contributed by atoms with van der Waals surface area (Å²) in [6, 6.07) is 22.3. The standard InChI is InChI=1S/C12H8N2.C7H8/c1-3-9-5-6-11-10(4-2-7-13-11)12(9)14-8-1;1-7-5-3-2-4-6-7/h1-8H;2-6H,1H3. The second-order valence-corrected chi connectivity index (χ2v) is 4.87. The lowest BCUT2D eigenvalue weighted by Gasteiger charge is -2.00. The molecule has 2 heterocycles. The smallest absolute Gasteiger partial charge is 0.0795 e. The topological polar surface area (TPSA) is 25.8 Å². The van der Waals surface area contributed by atoms with Crippen LogP contribution in [0, 0.1) is 6.92 Å². The van der Waals surface area contributed by atoms with Gasteiger partial charge in [-0.25, -0.2) is 0 Å². The van der Waals surface area contributed by atoms with E-state index in [0.717, 1.165) is 21.8 Å². The molecule has 0 spiro atoms. The van der Waals surface area contributed by atoms with Gasteiger partial charge in [0.15, 0.2) is 0 Å². The molecule has 2 heteroatoms. The van der Waals surface area contributed by atoms with Crippen LogP contribution in [-0.4, -0.2) is 9.97 Å². The molecule has 0 saturated heterocycles. The van der Waals surface area contributed by atoms with Crippen molar-refractivity contribution in [2.45, 2.75) is 6.92 Å². The molecule has 0 atom stereocenters. The van der Waals surface area contributed by atoms with Crippen LogP contribution in [0.25, 0.3) is 21.8 Å². The van der Waals surface area contributed by atoms with Gasteiger partial charge in [-0.15, -0.1) is 0 Å². The molecule has 0 aliphatic heterocycles. The van der Waals surface area contributed by atoms with E-state index in [4.69, 9.17) is 0 Å². The molecule has 0 fully saturated rings. The Balaban J connectivity index is 0.000000160. The minimum Gasteiger partial charge on any atom is -0.256 e. The highest BCUT2D eigenvalue weighted by Crippen LogP contribution is 2.20. The van der Waals surface area contributed by atoms with E-state index in [1.807, 2.05) is 42.6 Å². The first-order valence-corrected chi connectivity index (χ1v) is 6.95. The first-order valence-electron chi connectivity index (χ1n) is 6.95. The molecule has 0 bridgehead atoms. The van der Waals surface area contributed by atoms with Gasteiger partial charge in [0.2, 0.25) is 0 Å². The van der Waals surface area contributed by atoms with E-state index < -0.39 is 0 Å². The van der Waals surface area contributed by atoms with Crippen molar-refractivity contribution in [3.63, 3.8) is 0 Å². The molecule has 21 heavy (non-hydrogen) atoms. The van der Waals surface area contributed by atoms with E-state index in [9.17, 15) is 0 Å². The van der Waals surface area contributed by atoms with Crippen molar-refractivity contribution in [1.29, 1.82) is 0 Å². The largest absolute Gasteiger partial charge is 0.256 e. The van der Waals surface area contributed by atoms with Gasteiger partial charge in [-0.3, -0.25) is 9.97 Å². The molecule has 2 aromatic heterocycles. The second kappa shape index (κ2) is 6.14. The van der Waals surface area contributed by atoms with Gasteiger partial charge >= 0.3 is 0 Å². The molecule has 0 saturated carbocycles. The van der Waals surface area contributed by atoms with E-state index in [1.165, 1.54) is 5.56 Å². The van der Waals surface area contributed by atoms with Crippen molar-refractivity contribution in [2.75, 3.05) is 0 Å². The zero-order valence-electron chi connectivity index (χ0n) is 11.9. The van der Waals surface area contributed by atoms with Gasteiger partial charge in [0.1, 0.15) is 0 Å². The van der Waals surface area contributed by atoms with Crippen LogP contribution in [0.3, 0.4) is 0 Å². The third-order valence-electron chi connectivity index (χ3n) is 3.29. The van der Waals surface area contributed by atoms with Gasteiger partial charge in [0, 0.05) is 23.2 Å². The van der Waals surface area contributed by atoms with E-state index in [-0.39, 0.29) is 0 Å². The predicted octanol–water partition coefficient (Wildman–Crippen LogP) is 4.78. The van der Waals surface area contributed by atoms with Gasteiger partial charge in [-0.1, -0.05) is 48.0 Å². The Kier molecular flexibility index (Phi) is 3.88. The maximum Gasteiger partial charge on any atom is 0.0795 e. The second-order valence-electron chi connectivity index (χ2n) is 4.87. The summed E-state index contributed by atoms with van der Waals surface area (Å²) in [6.45, 7) is 2.08. The maximum atomic E-state index is 4.37. The van der Waals surface area contributed by atoms with E-state index in [2.05, 4.69) is 47.2 Å². The lowest BCUT2D eigenvalue weighted by Crippen LogP contribution is -1.82. The molecule has 0 unspecified atom stereocenters. The molecule has 4 rings (SSSR count). The van der Waals surface area contributed by atoms with Gasteiger partial charge in [-0.2, -0.15) is 0 Å². The maximum absolute atomic E-state index is 4.37. The van der Waals surface area contributed by atoms with Crippen LogP contribution in [0.2, 0.25) is 0 Å². The monoisotopic (exact) mass is 272 g/mol. The summed E-state index contributed by atoms with van der Waals surface area (Å²) in [5.74, 6) is 0. The quantitative estimate of drug-likeness (QED) is 0.431. The van der Waals surface area contributed by atoms with Crippen LogP contribution < -0.4 is 0 Å². The molecule has 0 amide bonds. The molecule has 0 N–H and O–H groups in total. The number of hydrogen-bond donors (Lipinski definition) is 0. The Labute approximate surface area is 124 Å². The molecule has 0 aliphatic carbocycles. The number of pyridine rings is 2. The van der Waals surface area contributed by atoms with E-state index in [1.54, 1.807) is 6.20 Å². The van der Waals surface area contributed by atoms with Crippen LogP contribution in [0.15, 0.2) is 79.1 Å². The lowest BCUT2D eigenvalue weighted by molar-refractivity contribution is 1.39. The highest BCUT2D eigenvalue weighted by Gasteiger charge is 1.99. The summed E-state index contributed by atoms with van der Waals surface area (Å²) in [7, 11) is 0. The third kappa shape index (κ3) is 3.06. The summed E-state index contributed by atoms with van der Waals surface area (Å²) in [6.07, 6.45) is 3.62. The van der Waals surface area contributed by atoms with Gasteiger partial charge in [-0.05, 0) is 31.2 Å². The van der Waals surface area contributed by atoms with E-state index >= 15 is 0 Å². The van der Waals surface area contributed by atoms with Gasteiger partial charge in [0.05, 0.1) is 11.0 Å². The average molecular weight is 272 g/mol. The summed E-state index contributed by atoms with van der Waals surface area (Å²) < 4.78 is 0. The van der Waals surface area contributed by atoms with Crippen molar-refractivity contribution in [3.8, 4) is 0 Å². The normalized spacial score (nSPS) is 10.1.